The van der Waals surface area contributed by atoms with Crippen LogP contribution in [0.25, 0.3) is 0 Å². The van der Waals surface area contributed by atoms with Crippen molar-refractivity contribution < 1.29 is 28.6 Å². The predicted molar refractivity (Wildman–Crippen MR) is 115 cm³/mol. The lowest BCUT2D eigenvalue weighted by molar-refractivity contribution is -0.131. The lowest BCUT2D eigenvalue weighted by atomic mass is 10.0. The highest BCUT2D eigenvalue weighted by molar-refractivity contribution is 5.82. The van der Waals surface area contributed by atoms with Crippen LogP contribution in [0.1, 0.15) is 39.2 Å². The molecule has 9 nitrogen and oxygen atoms in total. The van der Waals surface area contributed by atoms with Gasteiger partial charge < -0.3 is 29.7 Å². The van der Waals surface area contributed by atoms with Gasteiger partial charge in [0.05, 0.1) is 20.6 Å². The predicted octanol–water partition coefficient (Wildman–Crippen LogP) is 1.88. The topological polar surface area (TPSA) is 106 Å². The van der Waals surface area contributed by atoms with Crippen molar-refractivity contribution in [3.63, 3.8) is 0 Å². The number of benzene rings is 1. The molecular formula is C22H33N3O6. The molecule has 0 radical (unpaired) electrons. The first-order valence-corrected chi connectivity index (χ1v) is 10.4. The Kier molecular flexibility index (Phi) is 8.53. The maximum absolute atomic E-state index is 12.4. The zero-order chi connectivity index (χ0) is 23.0. The van der Waals surface area contributed by atoms with Crippen molar-refractivity contribution in [1.29, 1.82) is 0 Å². The summed E-state index contributed by atoms with van der Waals surface area (Å²) in [5.74, 6) is 0.953. The molecule has 172 valence electrons. The molecule has 0 atom stereocenters. The van der Waals surface area contributed by atoms with Crippen molar-refractivity contribution in [2.45, 2.75) is 51.7 Å². The molecule has 1 aromatic carbocycles. The molecule has 1 heterocycles. The number of hydrogen-bond donors (Lipinski definition) is 2. The zero-order valence-electron chi connectivity index (χ0n) is 18.9. The molecule has 0 saturated carbocycles. The zero-order valence-corrected chi connectivity index (χ0v) is 18.9. The quantitative estimate of drug-likeness (QED) is 0.677. The largest absolute Gasteiger partial charge is 0.493 e. The number of piperidine rings is 1. The van der Waals surface area contributed by atoms with Gasteiger partial charge in [0.15, 0.2) is 11.5 Å². The first-order chi connectivity index (χ1) is 14.6. The molecule has 0 spiro atoms. The first kappa shape index (κ1) is 24.3. The van der Waals surface area contributed by atoms with Gasteiger partial charge in [-0.1, -0.05) is 6.07 Å². The summed E-state index contributed by atoms with van der Waals surface area (Å²) in [7, 11) is 3.12. The Bertz CT molecular complexity index is 782. The normalized spacial score (nSPS) is 14.5. The minimum absolute atomic E-state index is 0.00973. The number of methoxy groups -OCH3 is 2. The van der Waals surface area contributed by atoms with Gasteiger partial charge in [0.1, 0.15) is 12.1 Å². The Morgan fingerprint density at radius 3 is 2.29 bits per heavy atom. The second-order valence-corrected chi connectivity index (χ2v) is 8.44. The van der Waals surface area contributed by atoms with Crippen LogP contribution in [-0.2, 0) is 20.7 Å². The number of nitrogens with zero attached hydrogens (tertiary/aromatic N) is 1. The summed E-state index contributed by atoms with van der Waals surface area (Å²) in [6.07, 6.45) is 0.948. The summed E-state index contributed by atoms with van der Waals surface area (Å²) in [5.41, 5.74) is 0.219. The van der Waals surface area contributed by atoms with Crippen molar-refractivity contribution in [2.24, 2.45) is 0 Å². The molecule has 2 N–H and O–H groups in total. The van der Waals surface area contributed by atoms with Crippen molar-refractivity contribution in [2.75, 3.05) is 33.9 Å². The third-order valence-corrected chi connectivity index (χ3v) is 4.81. The van der Waals surface area contributed by atoms with Gasteiger partial charge in [0.25, 0.3) is 0 Å². The van der Waals surface area contributed by atoms with Crippen LogP contribution in [0, 0.1) is 0 Å². The summed E-state index contributed by atoms with van der Waals surface area (Å²) in [6.45, 7) is 6.23. The van der Waals surface area contributed by atoms with Gasteiger partial charge in [-0.15, -0.1) is 0 Å². The average Bonchev–Trinajstić information content (AvgIpc) is 2.71. The lowest BCUT2D eigenvalue weighted by Crippen LogP contribution is -2.49. The van der Waals surface area contributed by atoms with E-state index in [1.54, 1.807) is 52.0 Å². The van der Waals surface area contributed by atoms with Crippen LogP contribution in [0.15, 0.2) is 18.2 Å². The van der Waals surface area contributed by atoms with E-state index in [-0.39, 0.29) is 30.8 Å². The van der Waals surface area contributed by atoms with Crippen molar-refractivity contribution in [1.82, 2.24) is 15.5 Å². The standard InChI is InChI=1S/C22H33N3O6/c1-22(2,3)31-21(28)23-14-20(27)25-10-8-16(9-11-25)24-19(26)13-15-6-7-17(29-4)18(12-15)30-5/h6-7,12,16H,8-11,13-14H2,1-5H3,(H,23,28)(H,24,26). The highest BCUT2D eigenvalue weighted by atomic mass is 16.6. The molecule has 1 aliphatic rings. The minimum Gasteiger partial charge on any atom is -0.493 e. The van der Waals surface area contributed by atoms with E-state index in [2.05, 4.69) is 10.6 Å². The van der Waals surface area contributed by atoms with Crippen LogP contribution in [0.5, 0.6) is 11.5 Å². The molecule has 1 fully saturated rings. The Morgan fingerprint density at radius 2 is 1.71 bits per heavy atom. The maximum Gasteiger partial charge on any atom is 0.408 e. The van der Waals surface area contributed by atoms with Crippen LogP contribution in [-0.4, -0.2) is 68.3 Å². The van der Waals surface area contributed by atoms with Crippen molar-refractivity contribution in [3.05, 3.63) is 23.8 Å². The number of ether oxygens (including phenoxy) is 3. The first-order valence-electron chi connectivity index (χ1n) is 10.4. The van der Waals surface area contributed by atoms with E-state index in [0.29, 0.717) is 37.4 Å². The van der Waals surface area contributed by atoms with Gasteiger partial charge in [-0.3, -0.25) is 9.59 Å². The molecular weight excluding hydrogens is 402 g/mol. The lowest BCUT2D eigenvalue weighted by Gasteiger charge is -2.32. The molecule has 2 rings (SSSR count). The molecule has 1 aromatic rings. The van der Waals surface area contributed by atoms with Gasteiger partial charge in [-0.05, 0) is 51.3 Å². The van der Waals surface area contributed by atoms with E-state index in [0.717, 1.165) is 5.56 Å². The van der Waals surface area contributed by atoms with Gasteiger partial charge in [-0.2, -0.15) is 0 Å². The number of carbonyl (C=O) groups excluding carboxylic acids is 3. The second kappa shape index (κ2) is 10.9. The average molecular weight is 436 g/mol. The molecule has 0 unspecified atom stereocenters. The third kappa shape index (κ3) is 7.99. The van der Waals surface area contributed by atoms with E-state index in [1.165, 1.54) is 0 Å². The monoisotopic (exact) mass is 435 g/mol. The molecule has 0 aromatic heterocycles. The highest BCUT2D eigenvalue weighted by Crippen LogP contribution is 2.27. The number of likely N-dealkylation sites (tertiary alicyclic amines) is 1. The summed E-state index contributed by atoms with van der Waals surface area (Å²) in [6, 6.07) is 5.41. The SMILES string of the molecule is COc1ccc(CC(=O)NC2CCN(C(=O)CNC(=O)OC(C)(C)C)CC2)cc1OC. The summed E-state index contributed by atoms with van der Waals surface area (Å²) < 4.78 is 15.6. The Morgan fingerprint density at radius 1 is 1.06 bits per heavy atom. The fourth-order valence-corrected chi connectivity index (χ4v) is 3.30. The Hall–Kier alpha value is -2.97. The number of nitrogens with one attached hydrogen (secondary N) is 2. The van der Waals surface area contributed by atoms with Crippen molar-refractivity contribution >= 4 is 17.9 Å². The number of amides is 3. The molecule has 9 heteroatoms. The highest BCUT2D eigenvalue weighted by Gasteiger charge is 2.25. The van der Waals surface area contributed by atoms with Crippen molar-refractivity contribution in [3.8, 4) is 11.5 Å². The second-order valence-electron chi connectivity index (χ2n) is 8.44. The Labute approximate surface area is 183 Å². The molecule has 0 aliphatic carbocycles. The van der Waals surface area contributed by atoms with E-state index in [1.807, 2.05) is 6.07 Å². The smallest absolute Gasteiger partial charge is 0.408 e. The number of rotatable bonds is 7. The molecule has 3 amide bonds. The third-order valence-electron chi connectivity index (χ3n) is 4.81. The van der Waals surface area contributed by atoms with E-state index >= 15 is 0 Å². The van der Waals surface area contributed by atoms with Gasteiger partial charge in [0, 0.05) is 19.1 Å². The summed E-state index contributed by atoms with van der Waals surface area (Å²) in [5, 5.41) is 5.51. The van der Waals surface area contributed by atoms with Gasteiger partial charge >= 0.3 is 6.09 Å². The number of carbonyl (C=O) groups is 3. The van der Waals surface area contributed by atoms with Gasteiger partial charge in [-0.25, -0.2) is 4.79 Å². The van der Waals surface area contributed by atoms with E-state index in [9.17, 15) is 14.4 Å². The molecule has 1 aliphatic heterocycles. The van der Waals surface area contributed by atoms with E-state index in [4.69, 9.17) is 14.2 Å². The fourth-order valence-electron chi connectivity index (χ4n) is 3.30. The molecule has 0 bridgehead atoms. The van der Waals surface area contributed by atoms with E-state index < -0.39 is 11.7 Å². The molecule has 1 saturated heterocycles. The number of alkyl carbamates (subject to hydrolysis) is 1. The summed E-state index contributed by atoms with van der Waals surface area (Å²) >= 11 is 0. The van der Waals surface area contributed by atoms with Crippen LogP contribution < -0.4 is 20.1 Å². The van der Waals surface area contributed by atoms with Crippen LogP contribution in [0.4, 0.5) is 4.79 Å². The Balaban J connectivity index is 1.74. The summed E-state index contributed by atoms with van der Waals surface area (Å²) in [4.78, 5) is 38.1. The van der Waals surface area contributed by atoms with Crippen LogP contribution in [0.2, 0.25) is 0 Å². The van der Waals surface area contributed by atoms with Crippen LogP contribution >= 0.6 is 0 Å². The number of hydrogen-bond acceptors (Lipinski definition) is 6. The molecule has 31 heavy (non-hydrogen) atoms. The fraction of sp³-hybridized carbons (Fsp3) is 0.591. The van der Waals surface area contributed by atoms with Crippen LogP contribution in [0.3, 0.4) is 0 Å². The minimum atomic E-state index is -0.613. The van der Waals surface area contributed by atoms with Gasteiger partial charge in [0.2, 0.25) is 11.8 Å². The maximum atomic E-state index is 12.4.